The number of benzene rings is 1. The molecule has 3 heterocycles. The molecule has 1 saturated carbocycles. The van der Waals surface area contributed by atoms with Gasteiger partial charge in [0.05, 0.1) is 11.0 Å². The molecule has 1 amide bonds. The van der Waals surface area contributed by atoms with Gasteiger partial charge in [-0.1, -0.05) is 18.2 Å². The summed E-state index contributed by atoms with van der Waals surface area (Å²) in [5.74, 6) is 1.07. The van der Waals surface area contributed by atoms with Crippen molar-refractivity contribution in [2.24, 2.45) is 0 Å². The number of H-pyrrole nitrogens is 1. The van der Waals surface area contributed by atoms with Crippen LogP contribution in [0.4, 0.5) is 5.82 Å². The van der Waals surface area contributed by atoms with Crippen LogP contribution in [0.1, 0.15) is 29.5 Å². The zero-order chi connectivity index (χ0) is 17.5. The second kappa shape index (κ2) is 5.76. The van der Waals surface area contributed by atoms with E-state index < -0.39 is 0 Å². The molecule has 0 aliphatic heterocycles. The maximum atomic E-state index is 12.5. The lowest BCUT2D eigenvalue weighted by Gasteiger charge is -2.06. The van der Waals surface area contributed by atoms with E-state index in [1.165, 1.54) is 0 Å². The molecule has 0 spiro atoms. The quantitative estimate of drug-likeness (QED) is 0.592. The standard InChI is InChI=1S/C18H15N7O/c26-18(16-21-12-4-1-2-5-13(12)22-16)23-15-7-3-6-14(20-15)17-24-19-10-25(17)11-8-9-11/h1-7,10-11H,8-9H2,(H,21,22)(H,20,23,26). The smallest absolute Gasteiger partial charge is 0.292 e. The lowest BCUT2D eigenvalue weighted by Crippen LogP contribution is -2.14. The Labute approximate surface area is 148 Å². The molecule has 8 nitrogen and oxygen atoms in total. The Morgan fingerprint density at radius 3 is 2.85 bits per heavy atom. The fourth-order valence-corrected chi connectivity index (χ4v) is 2.91. The molecule has 0 saturated heterocycles. The molecule has 26 heavy (non-hydrogen) atoms. The highest BCUT2D eigenvalue weighted by molar-refractivity contribution is 6.03. The number of anilines is 1. The third-order valence-electron chi connectivity index (χ3n) is 4.34. The predicted octanol–water partition coefficient (Wildman–Crippen LogP) is 2.80. The molecule has 8 heteroatoms. The van der Waals surface area contributed by atoms with Crippen LogP contribution >= 0.6 is 0 Å². The summed E-state index contributed by atoms with van der Waals surface area (Å²) < 4.78 is 2.03. The average Bonchev–Trinajstić information content (AvgIpc) is 3.22. The van der Waals surface area contributed by atoms with Crippen LogP contribution in [0.5, 0.6) is 0 Å². The Bertz CT molecular complexity index is 1080. The van der Waals surface area contributed by atoms with Crippen LogP contribution in [0.25, 0.3) is 22.6 Å². The van der Waals surface area contributed by atoms with E-state index in [0.29, 0.717) is 23.4 Å². The van der Waals surface area contributed by atoms with Crippen molar-refractivity contribution in [3.63, 3.8) is 0 Å². The van der Waals surface area contributed by atoms with Crippen molar-refractivity contribution in [1.29, 1.82) is 0 Å². The summed E-state index contributed by atoms with van der Waals surface area (Å²) in [5.41, 5.74) is 2.24. The second-order valence-corrected chi connectivity index (χ2v) is 6.26. The molecule has 1 aliphatic carbocycles. The maximum Gasteiger partial charge on any atom is 0.292 e. The Kier molecular flexibility index (Phi) is 3.27. The van der Waals surface area contributed by atoms with Crippen LogP contribution in [-0.4, -0.2) is 35.6 Å². The number of hydrogen-bond donors (Lipinski definition) is 2. The molecule has 0 unspecified atom stereocenters. The number of rotatable bonds is 4. The Hall–Kier alpha value is -3.55. The first-order chi connectivity index (χ1) is 12.8. The highest BCUT2D eigenvalue weighted by atomic mass is 16.2. The number of hydrogen-bond acceptors (Lipinski definition) is 5. The molecule has 0 bridgehead atoms. The Morgan fingerprint density at radius 2 is 2.00 bits per heavy atom. The molecule has 1 aromatic carbocycles. The predicted molar refractivity (Wildman–Crippen MR) is 95.6 cm³/mol. The molecular weight excluding hydrogens is 330 g/mol. The number of aromatic nitrogens is 6. The van der Waals surface area contributed by atoms with Gasteiger partial charge in [-0.15, -0.1) is 10.2 Å². The minimum atomic E-state index is -0.338. The highest BCUT2D eigenvalue weighted by Gasteiger charge is 2.27. The largest absolute Gasteiger partial charge is 0.334 e. The monoisotopic (exact) mass is 345 g/mol. The highest BCUT2D eigenvalue weighted by Crippen LogP contribution is 2.37. The molecule has 1 aliphatic rings. The second-order valence-electron chi connectivity index (χ2n) is 6.26. The normalized spacial score (nSPS) is 13.8. The van der Waals surface area contributed by atoms with E-state index in [-0.39, 0.29) is 11.7 Å². The number of nitrogens with zero attached hydrogens (tertiary/aromatic N) is 5. The third-order valence-corrected chi connectivity index (χ3v) is 4.34. The van der Waals surface area contributed by atoms with E-state index >= 15 is 0 Å². The van der Waals surface area contributed by atoms with Gasteiger partial charge in [0.1, 0.15) is 17.8 Å². The summed E-state index contributed by atoms with van der Waals surface area (Å²) in [6.45, 7) is 0. The van der Waals surface area contributed by atoms with Gasteiger partial charge in [0.2, 0.25) is 0 Å². The minimum absolute atomic E-state index is 0.250. The van der Waals surface area contributed by atoms with Gasteiger partial charge in [0, 0.05) is 6.04 Å². The van der Waals surface area contributed by atoms with Crippen LogP contribution in [0.3, 0.4) is 0 Å². The number of amides is 1. The maximum absolute atomic E-state index is 12.5. The number of aromatic amines is 1. The average molecular weight is 345 g/mol. The van der Waals surface area contributed by atoms with Gasteiger partial charge in [-0.05, 0) is 37.1 Å². The summed E-state index contributed by atoms with van der Waals surface area (Å²) >= 11 is 0. The fourth-order valence-electron chi connectivity index (χ4n) is 2.91. The number of imidazole rings is 1. The lowest BCUT2D eigenvalue weighted by atomic mass is 10.3. The molecule has 0 atom stereocenters. The van der Waals surface area contributed by atoms with E-state index in [9.17, 15) is 4.79 Å². The molecule has 3 aromatic heterocycles. The number of fused-ring (bicyclic) bond motifs is 1. The van der Waals surface area contributed by atoms with E-state index in [0.717, 1.165) is 23.9 Å². The Morgan fingerprint density at radius 1 is 1.12 bits per heavy atom. The first-order valence-electron chi connectivity index (χ1n) is 8.41. The number of nitrogens with one attached hydrogen (secondary N) is 2. The van der Waals surface area contributed by atoms with Gasteiger partial charge >= 0.3 is 0 Å². The van der Waals surface area contributed by atoms with Crippen molar-refractivity contribution in [3.05, 3.63) is 54.6 Å². The van der Waals surface area contributed by atoms with E-state index in [2.05, 4.69) is 30.5 Å². The minimum Gasteiger partial charge on any atom is -0.334 e. The van der Waals surface area contributed by atoms with Crippen LogP contribution in [0.2, 0.25) is 0 Å². The first kappa shape index (κ1) is 14.8. The summed E-state index contributed by atoms with van der Waals surface area (Å²) in [5, 5.41) is 11.0. The lowest BCUT2D eigenvalue weighted by molar-refractivity contribution is 0.101. The number of pyridine rings is 1. The van der Waals surface area contributed by atoms with Gasteiger partial charge in [0.25, 0.3) is 5.91 Å². The van der Waals surface area contributed by atoms with Crippen molar-refractivity contribution >= 4 is 22.8 Å². The Balaban J connectivity index is 1.42. The number of para-hydroxylation sites is 2. The molecule has 5 rings (SSSR count). The summed E-state index contributed by atoms with van der Waals surface area (Å²) in [7, 11) is 0. The summed E-state index contributed by atoms with van der Waals surface area (Å²) in [6, 6.07) is 13.4. The zero-order valence-electron chi connectivity index (χ0n) is 13.8. The van der Waals surface area contributed by atoms with Crippen LogP contribution in [0, 0.1) is 0 Å². The van der Waals surface area contributed by atoms with Crippen molar-refractivity contribution in [2.45, 2.75) is 18.9 Å². The van der Waals surface area contributed by atoms with Crippen molar-refractivity contribution in [2.75, 3.05) is 5.32 Å². The SMILES string of the molecule is O=C(Nc1cccc(-c2nncn2C2CC2)n1)c1nc2ccccc2[nH]1. The molecular formula is C18H15N7O. The van der Waals surface area contributed by atoms with Gasteiger partial charge < -0.3 is 14.9 Å². The van der Waals surface area contributed by atoms with E-state index in [4.69, 9.17) is 0 Å². The van der Waals surface area contributed by atoms with Crippen molar-refractivity contribution in [3.8, 4) is 11.5 Å². The van der Waals surface area contributed by atoms with Crippen LogP contribution in [0.15, 0.2) is 48.8 Å². The van der Waals surface area contributed by atoms with Crippen molar-refractivity contribution in [1.82, 2.24) is 29.7 Å². The number of carbonyl (C=O) groups is 1. The first-order valence-corrected chi connectivity index (χ1v) is 8.41. The van der Waals surface area contributed by atoms with Gasteiger partial charge in [-0.2, -0.15) is 0 Å². The molecule has 0 radical (unpaired) electrons. The summed E-state index contributed by atoms with van der Waals surface area (Å²) in [4.78, 5) is 24.3. The van der Waals surface area contributed by atoms with E-state index in [1.807, 2.05) is 41.0 Å². The van der Waals surface area contributed by atoms with Crippen molar-refractivity contribution < 1.29 is 4.79 Å². The van der Waals surface area contributed by atoms with Gasteiger partial charge in [-0.25, -0.2) is 9.97 Å². The topological polar surface area (TPSA) is 101 Å². The molecule has 4 aromatic rings. The van der Waals surface area contributed by atoms with Gasteiger partial charge in [0.15, 0.2) is 11.6 Å². The number of carbonyl (C=O) groups excluding carboxylic acids is 1. The van der Waals surface area contributed by atoms with E-state index in [1.54, 1.807) is 12.4 Å². The molecule has 128 valence electrons. The zero-order valence-corrected chi connectivity index (χ0v) is 13.8. The molecule has 1 fully saturated rings. The fraction of sp³-hybridized carbons (Fsp3) is 0.167. The summed E-state index contributed by atoms with van der Waals surface area (Å²) in [6.07, 6.45) is 4.00. The molecule has 2 N–H and O–H groups in total. The van der Waals surface area contributed by atoms with Gasteiger partial charge in [-0.3, -0.25) is 4.79 Å². The van der Waals surface area contributed by atoms with Crippen LogP contribution < -0.4 is 5.32 Å². The van der Waals surface area contributed by atoms with Crippen LogP contribution in [-0.2, 0) is 0 Å². The third kappa shape index (κ3) is 2.61.